The lowest BCUT2D eigenvalue weighted by atomic mass is 9.64. The fraction of sp³-hybridized carbons (Fsp3) is 0.545. The van der Waals surface area contributed by atoms with Gasteiger partial charge < -0.3 is 4.57 Å². The number of benzene rings is 1. The Morgan fingerprint density at radius 1 is 0.846 bits per heavy atom. The largest absolute Gasteiger partial charge is 0.335 e. The first-order valence-electron chi connectivity index (χ1n) is 9.13. The van der Waals surface area contributed by atoms with Gasteiger partial charge in [0, 0.05) is 18.3 Å². The van der Waals surface area contributed by atoms with Gasteiger partial charge >= 0.3 is 5.69 Å². The maximum atomic E-state index is 12.9. The third kappa shape index (κ3) is 2.95. The molecule has 0 aliphatic heterocycles. The zero-order valence-electron chi connectivity index (χ0n) is 17.9. The fourth-order valence-corrected chi connectivity index (χ4v) is 3.33. The van der Waals surface area contributed by atoms with E-state index in [2.05, 4.69) is 47.6 Å². The van der Waals surface area contributed by atoms with Crippen LogP contribution in [0.25, 0.3) is 5.69 Å². The van der Waals surface area contributed by atoms with Crippen molar-refractivity contribution in [3.8, 4) is 5.69 Å². The molecule has 0 saturated carbocycles. The van der Waals surface area contributed by atoms with Gasteiger partial charge in [-0.15, -0.1) is 0 Å². The number of aryl methyl sites for hydroxylation is 2. The summed E-state index contributed by atoms with van der Waals surface area (Å²) in [6, 6.07) is 4.12. The van der Waals surface area contributed by atoms with Gasteiger partial charge in [-0.05, 0) is 61.3 Å². The van der Waals surface area contributed by atoms with Crippen molar-refractivity contribution in [2.75, 3.05) is 0 Å². The summed E-state index contributed by atoms with van der Waals surface area (Å²) in [5.41, 5.74) is 4.63. The van der Waals surface area contributed by atoms with E-state index in [4.69, 9.17) is 0 Å². The van der Waals surface area contributed by atoms with E-state index in [9.17, 15) is 9.59 Å². The van der Waals surface area contributed by atoms with Crippen molar-refractivity contribution >= 4 is 0 Å². The van der Waals surface area contributed by atoms with Crippen molar-refractivity contribution in [1.29, 1.82) is 0 Å². The molecular weight excluding hydrogens is 324 g/mol. The molecule has 142 valence electrons. The maximum Gasteiger partial charge on any atom is 0.335 e. The van der Waals surface area contributed by atoms with Gasteiger partial charge in [0.05, 0.1) is 5.69 Å². The van der Waals surface area contributed by atoms with E-state index in [0.717, 1.165) is 11.1 Å². The van der Waals surface area contributed by atoms with E-state index in [1.165, 1.54) is 10.1 Å². The van der Waals surface area contributed by atoms with Crippen LogP contribution in [0.15, 0.2) is 21.7 Å². The summed E-state index contributed by atoms with van der Waals surface area (Å²) < 4.78 is 2.87. The second kappa shape index (κ2) is 6.26. The molecule has 1 aromatic heterocycles. The van der Waals surface area contributed by atoms with Crippen LogP contribution < -0.4 is 11.2 Å². The highest BCUT2D eigenvalue weighted by Gasteiger charge is 2.36. The molecule has 1 aromatic carbocycles. The molecule has 0 unspecified atom stereocenters. The minimum atomic E-state index is -0.301. The van der Waals surface area contributed by atoms with Gasteiger partial charge in [0.25, 0.3) is 5.56 Å². The van der Waals surface area contributed by atoms with E-state index in [1.807, 2.05) is 13.0 Å². The Morgan fingerprint density at radius 2 is 1.38 bits per heavy atom. The number of hydrogen-bond acceptors (Lipinski definition) is 2. The van der Waals surface area contributed by atoms with Crippen molar-refractivity contribution in [3.05, 3.63) is 60.9 Å². The standard InChI is InChI=1S/C22H32N2O2/c1-13-11-14(2)18(12-17(13)22(8,9)21(5,6)7)24-19(25)15(3)16(4)23(10)20(24)26/h11-12H,1-10H3. The molecule has 0 saturated heterocycles. The van der Waals surface area contributed by atoms with Crippen LogP contribution in [-0.2, 0) is 12.5 Å². The van der Waals surface area contributed by atoms with Crippen LogP contribution >= 0.6 is 0 Å². The highest BCUT2D eigenvalue weighted by atomic mass is 16.2. The number of nitrogens with zero attached hydrogens (tertiary/aromatic N) is 2. The fourth-order valence-electron chi connectivity index (χ4n) is 3.33. The van der Waals surface area contributed by atoms with Gasteiger partial charge in [-0.1, -0.05) is 40.7 Å². The Kier molecular flexibility index (Phi) is 4.86. The first kappa shape index (κ1) is 20.2. The molecular formula is C22H32N2O2. The second-order valence-corrected chi connectivity index (χ2v) is 9.02. The Hall–Kier alpha value is -2.10. The summed E-state index contributed by atoms with van der Waals surface area (Å²) in [4.78, 5) is 25.8. The van der Waals surface area contributed by atoms with Crippen LogP contribution in [-0.4, -0.2) is 9.13 Å². The minimum absolute atomic E-state index is 0.0312. The highest BCUT2D eigenvalue weighted by molar-refractivity contribution is 5.50. The molecule has 0 bridgehead atoms. The molecule has 0 atom stereocenters. The predicted octanol–water partition coefficient (Wildman–Crippen LogP) is 4.09. The molecule has 4 heteroatoms. The minimum Gasteiger partial charge on any atom is -0.300 e. The Balaban J connectivity index is 2.94. The van der Waals surface area contributed by atoms with Crippen LogP contribution in [0.1, 0.15) is 62.6 Å². The zero-order valence-corrected chi connectivity index (χ0v) is 17.9. The van der Waals surface area contributed by atoms with Crippen molar-refractivity contribution in [3.63, 3.8) is 0 Å². The van der Waals surface area contributed by atoms with Gasteiger partial charge in [0.2, 0.25) is 0 Å². The monoisotopic (exact) mass is 356 g/mol. The quantitative estimate of drug-likeness (QED) is 0.813. The lowest BCUT2D eigenvalue weighted by Crippen LogP contribution is -2.41. The van der Waals surface area contributed by atoms with E-state index >= 15 is 0 Å². The Labute approximate surface area is 156 Å². The molecule has 4 nitrogen and oxygen atoms in total. The SMILES string of the molecule is Cc1cc(C)c(C(C)(C)C(C)(C)C)cc1-n1c(=O)c(C)c(C)n(C)c1=O. The van der Waals surface area contributed by atoms with Crippen LogP contribution in [0.5, 0.6) is 0 Å². The predicted molar refractivity (Wildman–Crippen MR) is 109 cm³/mol. The Morgan fingerprint density at radius 3 is 1.88 bits per heavy atom. The van der Waals surface area contributed by atoms with E-state index in [-0.39, 0.29) is 22.1 Å². The summed E-state index contributed by atoms with van der Waals surface area (Å²) in [7, 11) is 1.71. The summed E-state index contributed by atoms with van der Waals surface area (Å²) in [6.07, 6.45) is 0. The second-order valence-electron chi connectivity index (χ2n) is 9.02. The molecule has 0 spiro atoms. The number of hydrogen-bond donors (Lipinski definition) is 0. The molecule has 2 rings (SSSR count). The molecule has 0 fully saturated rings. The highest BCUT2D eigenvalue weighted by Crippen LogP contribution is 2.43. The smallest absolute Gasteiger partial charge is 0.300 e. The Bertz CT molecular complexity index is 946. The van der Waals surface area contributed by atoms with Gasteiger partial charge in [-0.2, -0.15) is 0 Å². The summed E-state index contributed by atoms with van der Waals surface area (Å²) in [5, 5.41) is 0. The topological polar surface area (TPSA) is 44.0 Å². The molecule has 1 heterocycles. The molecule has 0 aliphatic carbocycles. The van der Waals surface area contributed by atoms with Crippen molar-refractivity contribution < 1.29 is 0 Å². The van der Waals surface area contributed by atoms with Crippen molar-refractivity contribution in [2.24, 2.45) is 12.5 Å². The number of aromatic nitrogens is 2. The maximum absolute atomic E-state index is 12.9. The van der Waals surface area contributed by atoms with Gasteiger partial charge in [0.15, 0.2) is 0 Å². The zero-order chi connectivity index (χ0) is 20.2. The molecule has 0 radical (unpaired) electrons. The average molecular weight is 357 g/mol. The number of rotatable bonds is 2. The average Bonchev–Trinajstić information content (AvgIpc) is 2.51. The van der Waals surface area contributed by atoms with E-state index in [1.54, 1.807) is 25.5 Å². The van der Waals surface area contributed by atoms with Gasteiger partial charge in [-0.25, -0.2) is 9.36 Å². The van der Waals surface area contributed by atoms with E-state index < -0.39 is 0 Å². The van der Waals surface area contributed by atoms with Crippen LogP contribution in [0.3, 0.4) is 0 Å². The summed E-state index contributed by atoms with van der Waals surface area (Å²) >= 11 is 0. The summed E-state index contributed by atoms with van der Waals surface area (Å²) in [6.45, 7) is 18.7. The van der Waals surface area contributed by atoms with Crippen LogP contribution in [0, 0.1) is 33.1 Å². The molecule has 0 aliphatic rings. The van der Waals surface area contributed by atoms with Crippen LogP contribution in [0.2, 0.25) is 0 Å². The normalized spacial score (nSPS) is 12.5. The molecule has 2 aromatic rings. The third-order valence-electron chi connectivity index (χ3n) is 6.38. The van der Waals surface area contributed by atoms with E-state index in [0.29, 0.717) is 16.9 Å². The lowest BCUT2D eigenvalue weighted by Gasteiger charge is -2.40. The molecule has 26 heavy (non-hydrogen) atoms. The molecule has 0 amide bonds. The molecule has 0 N–H and O–H groups in total. The lowest BCUT2D eigenvalue weighted by molar-refractivity contribution is 0.224. The first-order chi connectivity index (χ1) is 11.7. The first-order valence-corrected chi connectivity index (χ1v) is 9.13. The van der Waals surface area contributed by atoms with Crippen molar-refractivity contribution in [1.82, 2.24) is 9.13 Å². The van der Waals surface area contributed by atoms with Crippen molar-refractivity contribution in [2.45, 2.75) is 67.7 Å². The third-order valence-corrected chi connectivity index (χ3v) is 6.38. The summed E-state index contributed by atoms with van der Waals surface area (Å²) in [5.74, 6) is 0. The van der Waals surface area contributed by atoms with Crippen LogP contribution in [0.4, 0.5) is 0 Å². The van der Waals surface area contributed by atoms with Gasteiger partial charge in [0.1, 0.15) is 0 Å². The van der Waals surface area contributed by atoms with Gasteiger partial charge in [-0.3, -0.25) is 4.79 Å².